The number of fused-ring (bicyclic) bond motifs is 2. The van der Waals surface area contributed by atoms with Crippen molar-refractivity contribution in [1.29, 1.82) is 0 Å². The van der Waals surface area contributed by atoms with E-state index in [4.69, 9.17) is 9.47 Å². The number of Topliss-reactive ketones (excluding diaryl/α,β-unsaturated/α-hetero) is 1. The minimum atomic E-state index is -0.888. The summed E-state index contributed by atoms with van der Waals surface area (Å²) < 4.78 is 10.5. The number of rotatable bonds is 3. The Kier molecular flexibility index (Phi) is 8.22. The van der Waals surface area contributed by atoms with Crippen molar-refractivity contribution in [3.05, 3.63) is 12.2 Å². The molecule has 3 rings (SSSR count). The summed E-state index contributed by atoms with van der Waals surface area (Å²) >= 11 is 0. The van der Waals surface area contributed by atoms with E-state index in [1.54, 1.807) is 20.8 Å². The number of hydrogen-bond donors (Lipinski definition) is 1. The van der Waals surface area contributed by atoms with Gasteiger partial charge in [0.2, 0.25) is 5.91 Å². The average molecular weight is 478 g/mol. The maximum Gasteiger partial charge on any atom is 0.312 e. The fourth-order valence-corrected chi connectivity index (χ4v) is 5.31. The van der Waals surface area contributed by atoms with E-state index in [9.17, 15) is 24.3 Å². The van der Waals surface area contributed by atoms with Crippen LogP contribution in [0, 0.1) is 17.3 Å². The van der Waals surface area contributed by atoms with Crippen molar-refractivity contribution in [2.24, 2.45) is 17.3 Å². The molecule has 1 N–H and O–H groups in total. The first-order valence-electron chi connectivity index (χ1n) is 12.4. The third-order valence-electron chi connectivity index (χ3n) is 7.12. The van der Waals surface area contributed by atoms with Crippen LogP contribution in [-0.4, -0.2) is 65.0 Å². The molecule has 0 aromatic rings. The molecule has 1 saturated carbocycles. The number of carbonyl (C=O) groups is 4. The largest absolute Gasteiger partial charge is 0.469 e. The molecule has 2 heterocycles. The first-order chi connectivity index (χ1) is 16.0. The summed E-state index contributed by atoms with van der Waals surface area (Å²) in [4.78, 5) is 53.5. The zero-order valence-corrected chi connectivity index (χ0v) is 20.9. The molecule has 1 saturated heterocycles. The monoisotopic (exact) mass is 477 g/mol. The van der Waals surface area contributed by atoms with E-state index < -0.39 is 41.0 Å². The molecule has 0 bridgehead atoms. The van der Waals surface area contributed by atoms with Crippen molar-refractivity contribution in [2.75, 3.05) is 13.7 Å². The Morgan fingerprint density at radius 2 is 1.94 bits per heavy atom. The summed E-state index contributed by atoms with van der Waals surface area (Å²) in [6.07, 6.45) is 7.86. The highest BCUT2D eigenvalue weighted by atomic mass is 16.6. The van der Waals surface area contributed by atoms with Crippen molar-refractivity contribution in [3.63, 3.8) is 0 Å². The third-order valence-corrected chi connectivity index (χ3v) is 7.12. The van der Waals surface area contributed by atoms with Crippen molar-refractivity contribution in [2.45, 2.75) is 96.3 Å². The van der Waals surface area contributed by atoms with Gasteiger partial charge in [-0.3, -0.25) is 19.2 Å². The minimum Gasteiger partial charge on any atom is -0.469 e. The van der Waals surface area contributed by atoms with Crippen LogP contribution in [0.5, 0.6) is 0 Å². The molecule has 8 nitrogen and oxygen atoms in total. The number of carbonyl (C=O) groups excluding carboxylic acids is 4. The molecule has 8 heteroatoms. The summed E-state index contributed by atoms with van der Waals surface area (Å²) in [6.45, 7) is 5.40. The highest BCUT2D eigenvalue weighted by molar-refractivity contribution is 5.95. The molecule has 0 unspecified atom stereocenters. The quantitative estimate of drug-likeness (QED) is 0.491. The van der Waals surface area contributed by atoms with Crippen molar-refractivity contribution >= 4 is 23.6 Å². The summed E-state index contributed by atoms with van der Waals surface area (Å²) in [5.74, 6) is -2.05. The summed E-state index contributed by atoms with van der Waals surface area (Å²) in [5, 5.41) is 10.3. The Labute approximate surface area is 202 Å². The minimum absolute atomic E-state index is 0.0213. The molecule has 3 aliphatic rings. The number of ether oxygens (including phenoxy) is 2. The van der Waals surface area contributed by atoms with Crippen LogP contribution in [0.4, 0.5) is 0 Å². The van der Waals surface area contributed by atoms with Crippen LogP contribution in [0.1, 0.15) is 78.6 Å². The van der Waals surface area contributed by atoms with Crippen LogP contribution < -0.4 is 0 Å². The molecule has 2 aliphatic heterocycles. The predicted octanol–water partition coefficient (Wildman–Crippen LogP) is 2.96. The van der Waals surface area contributed by atoms with Gasteiger partial charge in [-0.25, -0.2) is 0 Å². The highest BCUT2D eigenvalue weighted by Gasteiger charge is 2.61. The molecular weight excluding hydrogens is 438 g/mol. The van der Waals surface area contributed by atoms with E-state index in [0.717, 1.165) is 25.7 Å². The second-order valence-electron chi connectivity index (χ2n) is 11.1. The number of nitrogens with zero attached hydrogens (tertiary/aromatic N) is 1. The lowest BCUT2D eigenvalue weighted by atomic mass is 9.91. The van der Waals surface area contributed by atoms with E-state index in [-0.39, 0.29) is 43.4 Å². The van der Waals surface area contributed by atoms with Gasteiger partial charge in [0.1, 0.15) is 5.60 Å². The maximum absolute atomic E-state index is 13.6. The Hall–Kier alpha value is -2.22. The number of ketones is 1. The van der Waals surface area contributed by atoms with Gasteiger partial charge in [-0.15, -0.1) is 0 Å². The van der Waals surface area contributed by atoms with E-state index >= 15 is 0 Å². The fraction of sp³-hybridized carbons (Fsp3) is 0.769. The van der Waals surface area contributed by atoms with Crippen LogP contribution in [-0.2, 0) is 28.7 Å². The number of hydrogen-bond acceptors (Lipinski definition) is 7. The summed E-state index contributed by atoms with van der Waals surface area (Å²) in [7, 11) is 1.33. The van der Waals surface area contributed by atoms with E-state index in [1.165, 1.54) is 12.0 Å². The topological polar surface area (TPSA) is 110 Å². The van der Waals surface area contributed by atoms with Crippen LogP contribution >= 0.6 is 0 Å². The zero-order chi connectivity index (χ0) is 25.1. The molecule has 0 spiro atoms. The SMILES string of the molecule is COC(=O)[C@]12CC(=O)[C@@H]3C[C@H](O)CN3C(=O)[C@@H](CC(=O)OC(C)(C)C)CCCCC/C=C\[C@@H]1C2. The maximum atomic E-state index is 13.6. The van der Waals surface area contributed by atoms with Crippen molar-refractivity contribution < 1.29 is 33.8 Å². The Morgan fingerprint density at radius 1 is 1.21 bits per heavy atom. The molecule has 1 aliphatic carbocycles. The van der Waals surface area contributed by atoms with Gasteiger partial charge in [0.15, 0.2) is 5.78 Å². The van der Waals surface area contributed by atoms with Gasteiger partial charge >= 0.3 is 11.9 Å². The van der Waals surface area contributed by atoms with Gasteiger partial charge in [-0.05, 0) is 52.4 Å². The predicted molar refractivity (Wildman–Crippen MR) is 124 cm³/mol. The molecule has 190 valence electrons. The van der Waals surface area contributed by atoms with Crippen LogP contribution in [0.3, 0.4) is 0 Å². The normalized spacial score (nSPS) is 33.7. The molecule has 0 aromatic heterocycles. The number of aliphatic hydroxyl groups is 1. The molecule has 34 heavy (non-hydrogen) atoms. The molecule has 5 atom stereocenters. The van der Waals surface area contributed by atoms with Crippen LogP contribution in [0.15, 0.2) is 12.2 Å². The zero-order valence-electron chi connectivity index (χ0n) is 20.9. The second-order valence-corrected chi connectivity index (χ2v) is 11.1. The molecule has 2 fully saturated rings. The molecule has 0 aromatic carbocycles. The standard InChI is InChI=1S/C26H39NO7/c1-25(2,3)34-22(30)12-17-10-8-6-5-7-9-11-18-14-26(18,24(32)33-4)15-21(29)20-13-19(28)16-27(20)23(17)31/h9,11,17-20,28H,5-8,10,12-16H2,1-4H3/b11-9-/t17-,18-,19+,20+,26-/m1/s1. The van der Waals surface area contributed by atoms with Crippen LogP contribution in [0.2, 0.25) is 0 Å². The molecular formula is C26H39NO7. The average Bonchev–Trinajstić information content (AvgIpc) is 3.29. The van der Waals surface area contributed by atoms with Gasteiger partial charge in [0.25, 0.3) is 0 Å². The van der Waals surface area contributed by atoms with Crippen molar-refractivity contribution in [1.82, 2.24) is 4.90 Å². The Balaban J connectivity index is 1.84. The van der Waals surface area contributed by atoms with Gasteiger partial charge < -0.3 is 19.5 Å². The first kappa shape index (κ1) is 26.4. The number of aliphatic hydroxyl groups excluding tert-OH is 1. The Bertz CT molecular complexity index is 829. The second kappa shape index (κ2) is 10.6. The fourth-order valence-electron chi connectivity index (χ4n) is 5.31. The van der Waals surface area contributed by atoms with E-state index in [0.29, 0.717) is 12.8 Å². The van der Waals surface area contributed by atoms with Gasteiger partial charge in [0.05, 0.1) is 31.1 Å². The number of esters is 2. The lowest BCUT2D eigenvalue weighted by Crippen LogP contribution is -2.45. The van der Waals surface area contributed by atoms with E-state index in [1.807, 2.05) is 6.08 Å². The van der Waals surface area contributed by atoms with Crippen molar-refractivity contribution in [3.8, 4) is 0 Å². The summed E-state index contributed by atoms with van der Waals surface area (Å²) in [6, 6.07) is -0.805. The molecule has 1 amide bonds. The third kappa shape index (κ3) is 6.26. The highest BCUT2D eigenvalue weighted by Crippen LogP contribution is 2.57. The lowest BCUT2D eigenvalue weighted by Gasteiger charge is -2.29. The number of allylic oxidation sites excluding steroid dienone is 2. The number of methoxy groups -OCH3 is 1. The Morgan fingerprint density at radius 3 is 2.62 bits per heavy atom. The summed E-state index contributed by atoms with van der Waals surface area (Å²) in [5.41, 5.74) is -1.54. The smallest absolute Gasteiger partial charge is 0.312 e. The van der Waals surface area contributed by atoms with Gasteiger partial charge in [-0.2, -0.15) is 0 Å². The number of amides is 1. The first-order valence-corrected chi connectivity index (χ1v) is 12.4. The lowest BCUT2D eigenvalue weighted by molar-refractivity contribution is -0.159. The van der Waals surface area contributed by atoms with Gasteiger partial charge in [-0.1, -0.05) is 25.0 Å². The van der Waals surface area contributed by atoms with Crippen LogP contribution in [0.25, 0.3) is 0 Å². The molecule has 0 radical (unpaired) electrons. The van der Waals surface area contributed by atoms with Gasteiger partial charge in [0, 0.05) is 25.3 Å². The van der Waals surface area contributed by atoms with E-state index in [2.05, 4.69) is 6.08 Å².